The van der Waals surface area contributed by atoms with E-state index in [-0.39, 0.29) is 24.0 Å². The molecule has 7 heteroatoms. The lowest BCUT2D eigenvalue weighted by Gasteiger charge is -2.42. The minimum atomic E-state index is -1.01. The first-order valence-corrected chi connectivity index (χ1v) is 12.2. The monoisotopic (exact) mass is 489 g/mol. The smallest absolute Gasteiger partial charge is 0.233 e. The van der Waals surface area contributed by atoms with Crippen molar-refractivity contribution in [1.29, 1.82) is 0 Å². The molecule has 1 amide bonds. The Morgan fingerprint density at radius 3 is 2.39 bits per heavy atom. The SMILES string of the molecule is COc1ccc(OC)c2c1[C@@H](c1cccc(NC(=O)[C@]3(C)CC3(Cl)Cl)c1)O[C@H]1CCCC[C@@H]21. The van der Waals surface area contributed by atoms with E-state index in [4.69, 9.17) is 37.4 Å². The molecule has 33 heavy (non-hydrogen) atoms. The molecule has 2 fully saturated rings. The number of hydrogen-bond donors (Lipinski definition) is 1. The van der Waals surface area contributed by atoms with Crippen molar-refractivity contribution in [3.63, 3.8) is 0 Å². The predicted molar refractivity (Wildman–Crippen MR) is 130 cm³/mol. The largest absolute Gasteiger partial charge is 0.496 e. The molecule has 4 atom stereocenters. The molecule has 5 rings (SSSR count). The Bertz CT molecular complexity index is 1090. The highest BCUT2D eigenvalue weighted by atomic mass is 35.5. The summed E-state index contributed by atoms with van der Waals surface area (Å²) in [6.45, 7) is 1.78. The van der Waals surface area contributed by atoms with E-state index in [1.807, 2.05) is 36.4 Å². The van der Waals surface area contributed by atoms with Crippen LogP contribution < -0.4 is 14.8 Å². The van der Waals surface area contributed by atoms with Crippen LogP contribution in [0.25, 0.3) is 0 Å². The minimum absolute atomic E-state index is 0.119. The Morgan fingerprint density at radius 2 is 1.73 bits per heavy atom. The van der Waals surface area contributed by atoms with E-state index in [1.54, 1.807) is 21.1 Å². The fourth-order valence-electron chi connectivity index (χ4n) is 5.38. The third-order valence-corrected chi connectivity index (χ3v) is 8.60. The van der Waals surface area contributed by atoms with Gasteiger partial charge in [-0.15, -0.1) is 23.2 Å². The second-order valence-corrected chi connectivity index (χ2v) is 11.0. The fourth-order valence-corrected chi connectivity index (χ4v) is 6.08. The zero-order chi connectivity index (χ0) is 23.4. The maximum Gasteiger partial charge on any atom is 0.233 e. The molecule has 176 valence electrons. The Morgan fingerprint density at radius 1 is 1.06 bits per heavy atom. The average Bonchev–Trinajstić information content (AvgIpc) is 3.36. The van der Waals surface area contributed by atoms with Gasteiger partial charge in [-0.25, -0.2) is 0 Å². The highest BCUT2D eigenvalue weighted by Gasteiger charge is 2.67. The van der Waals surface area contributed by atoms with Crippen molar-refractivity contribution in [2.45, 2.75) is 61.5 Å². The number of halogens is 2. The fraction of sp³-hybridized carbons (Fsp3) is 0.500. The Kier molecular flexibility index (Phi) is 5.79. The topological polar surface area (TPSA) is 56.8 Å². The normalized spacial score (nSPS) is 29.4. The quantitative estimate of drug-likeness (QED) is 0.495. The lowest BCUT2D eigenvalue weighted by molar-refractivity contribution is -0.120. The van der Waals surface area contributed by atoms with Crippen LogP contribution in [0.4, 0.5) is 5.69 Å². The summed E-state index contributed by atoms with van der Waals surface area (Å²) in [6, 6.07) is 11.7. The van der Waals surface area contributed by atoms with Crippen LogP contribution >= 0.6 is 23.2 Å². The molecule has 2 saturated carbocycles. The number of nitrogens with one attached hydrogen (secondary N) is 1. The molecule has 3 aliphatic rings. The third-order valence-electron chi connectivity index (χ3n) is 7.50. The van der Waals surface area contributed by atoms with E-state index in [0.717, 1.165) is 41.9 Å². The number of ether oxygens (including phenoxy) is 3. The van der Waals surface area contributed by atoms with Gasteiger partial charge in [0.15, 0.2) is 0 Å². The minimum Gasteiger partial charge on any atom is -0.496 e. The molecule has 0 unspecified atom stereocenters. The summed E-state index contributed by atoms with van der Waals surface area (Å²) in [6.07, 6.45) is 4.66. The van der Waals surface area contributed by atoms with Gasteiger partial charge in [0, 0.05) is 22.7 Å². The molecule has 5 nitrogen and oxygen atoms in total. The number of alkyl halides is 2. The van der Waals surface area contributed by atoms with Crippen LogP contribution in [-0.2, 0) is 9.53 Å². The Hall–Kier alpha value is -1.95. The van der Waals surface area contributed by atoms with Crippen LogP contribution in [0.2, 0.25) is 0 Å². The molecule has 1 heterocycles. The Labute approximate surface area is 204 Å². The summed E-state index contributed by atoms with van der Waals surface area (Å²) in [5.41, 5.74) is 3.05. The summed E-state index contributed by atoms with van der Waals surface area (Å²) in [5, 5.41) is 2.99. The number of anilines is 1. The summed E-state index contributed by atoms with van der Waals surface area (Å²) >= 11 is 12.4. The van der Waals surface area contributed by atoms with Crippen LogP contribution in [0, 0.1) is 5.41 Å². The standard InChI is InChI=1S/C26H29Cl2NO4/c1-25(14-26(25,27)28)24(30)29-16-8-6-7-15(13-16)23-22-20(32-3)12-11-19(31-2)21(22)17-9-4-5-10-18(17)33-23/h6-8,11-13,17-18,23H,4-5,9-10,14H2,1-3H3,(H,29,30)/t17-,18+,23-,25+/m1/s1. The van der Waals surface area contributed by atoms with E-state index in [1.165, 1.54) is 12.0 Å². The van der Waals surface area contributed by atoms with Crippen LogP contribution in [0.5, 0.6) is 11.5 Å². The highest BCUT2D eigenvalue weighted by molar-refractivity contribution is 6.53. The van der Waals surface area contributed by atoms with Crippen LogP contribution in [0.3, 0.4) is 0 Å². The molecule has 0 aromatic heterocycles. The number of fused-ring (bicyclic) bond motifs is 3. The number of amides is 1. The summed E-state index contributed by atoms with van der Waals surface area (Å²) in [4.78, 5) is 12.8. The number of carbonyl (C=O) groups excluding carboxylic acids is 1. The molecule has 2 aromatic rings. The van der Waals surface area contributed by atoms with Crippen molar-refractivity contribution in [1.82, 2.24) is 0 Å². The van der Waals surface area contributed by atoms with Gasteiger partial charge < -0.3 is 19.5 Å². The molecule has 1 aliphatic heterocycles. The van der Waals surface area contributed by atoms with Crippen molar-refractivity contribution < 1.29 is 19.0 Å². The molecule has 0 bridgehead atoms. The van der Waals surface area contributed by atoms with Gasteiger partial charge in [0.25, 0.3) is 0 Å². The molecule has 2 aromatic carbocycles. The van der Waals surface area contributed by atoms with Gasteiger partial charge in [0.2, 0.25) is 5.91 Å². The van der Waals surface area contributed by atoms with Crippen molar-refractivity contribution in [3.8, 4) is 11.5 Å². The van der Waals surface area contributed by atoms with Crippen LogP contribution in [-0.4, -0.2) is 30.6 Å². The molecule has 0 spiro atoms. The van der Waals surface area contributed by atoms with Gasteiger partial charge in [-0.3, -0.25) is 4.79 Å². The van der Waals surface area contributed by atoms with Crippen molar-refractivity contribution in [2.75, 3.05) is 19.5 Å². The van der Waals surface area contributed by atoms with Gasteiger partial charge in [0.1, 0.15) is 21.9 Å². The van der Waals surface area contributed by atoms with E-state index in [0.29, 0.717) is 12.1 Å². The molecule has 0 radical (unpaired) electrons. The first-order chi connectivity index (χ1) is 15.8. The predicted octanol–water partition coefficient (Wildman–Crippen LogP) is 6.37. The van der Waals surface area contributed by atoms with Crippen LogP contribution in [0.15, 0.2) is 36.4 Å². The second kappa shape index (κ2) is 8.37. The highest BCUT2D eigenvalue weighted by Crippen LogP contribution is 2.64. The van der Waals surface area contributed by atoms with Crippen molar-refractivity contribution in [2.24, 2.45) is 5.41 Å². The first-order valence-electron chi connectivity index (χ1n) is 11.5. The molecule has 0 saturated heterocycles. The maximum absolute atomic E-state index is 12.8. The number of hydrogen-bond acceptors (Lipinski definition) is 4. The second-order valence-electron chi connectivity index (χ2n) is 9.54. The lowest BCUT2D eigenvalue weighted by Crippen LogP contribution is -2.34. The van der Waals surface area contributed by atoms with Gasteiger partial charge in [-0.1, -0.05) is 25.0 Å². The van der Waals surface area contributed by atoms with Crippen LogP contribution in [0.1, 0.15) is 67.7 Å². The Balaban J connectivity index is 1.54. The van der Waals surface area contributed by atoms with Gasteiger partial charge in [-0.2, -0.15) is 0 Å². The molecule has 1 N–H and O–H groups in total. The van der Waals surface area contributed by atoms with E-state index in [2.05, 4.69) is 5.32 Å². The molecular weight excluding hydrogens is 461 g/mol. The zero-order valence-corrected chi connectivity index (χ0v) is 20.6. The van der Waals surface area contributed by atoms with Gasteiger partial charge in [0.05, 0.1) is 25.7 Å². The van der Waals surface area contributed by atoms with Crippen molar-refractivity contribution in [3.05, 3.63) is 53.1 Å². The van der Waals surface area contributed by atoms with Gasteiger partial charge >= 0.3 is 0 Å². The van der Waals surface area contributed by atoms with E-state index in [9.17, 15) is 4.79 Å². The summed E-state index contributed by atoms with van der Waals surface area (Å²) < 4.78 is 17.3. The summed E-state index contributed by atoms with van der Waals surface area (Å²) in [5.74, 6) is 1.77. The summed E-state index contributed by atoms with van der Waals surface area (Å²) in [7, 11) is 3.40. The number of carbonyl (C=O) groups is 1. The first kappa shape index (κ1) is 22.8. The van der Waals surface area contributed by atoms with E-state index < -0.39 is 9.75 Å². The molecule has 2 aliphatic carbocycles. The molecular formula is C26H29Cl2NO4. The number of benzene rings is 2. The zero-order valence-electron chi connectivity index (χ0n) is 19.1. The third kappa shape index (κ3) is 3.78. The van der Waals surface area contributed by atoms with Gasteiger partial charge in [-0.05, 0) is 56.0 Å². The maximum atomic E-state index is 12.8. The van der Waals surface area contributed by atoms with E-state index >= 15 is 0 Å². The number of methoxy groups -OCH3 is 2. The average molecular weight is 490 g/mol. The number of rotatable bonds is 5. The lowest BCUT2D eigenvalue weighted by atomic mass is 9.75. The van der Waals surface area contributed by atoms with Crippen molar-refractivity contribution >= 4 is 34.8 Å².